The quantitative estimate of drug-likeness (QED) is 0.139. The van der Waals surface area contributed by atoms with Crippen molar-refractivity contribution in [2.24, 2.45) is 0 Å². The van der Waals surface area contributed by atoms with Crippen LogP contribution in [0.15, 0.2) is 122 Å². The lowest BCUT2D eigenvalue weighted by Gasteiger charge is -2.25. The first-order valence-corrected chi connectivity index (χ1v) is 14.9. The third kappa shape index (κ3) is 4.34. The second-order valence-electron chi connectivity index (χ2n) is 11.5. The standard InChI is InChI=1S/C38H30N4O2/c43-35(17-23-19-39-31-13-5-1-9-25(23)31)37(29-21-41-33-15-7-3-11-27(29)33)38(30-22-42-34-16-8-4-12-28(30)34)36(44)18-24-20-40-32-14-6-2-10-26(24)32/h1-17,20-22,37-42H,18-19H2. The highest BCUT2D eigenvalue weighted by Crippen LogP contribution is 2.43. The molecule has 1 aliphatic rings. The number of rotatable bonds is 8. The summed E-state index contributed by atoms with van der Waals surface area (Å²) >= 11 is 0. The number of ketones is 2. The van der Waals surface area contributed by atoms with E-state index >= 15 is 0 Å². The van der Waals surface area contributed by atoms with Crippen molar-refractivity contribution >= 4 is 55.5 Å². The number of hydrogen-bond donors (Lipinski definition) is 4. The number of nitrogens with one attached hydrogen (secondary N) is 4. The Hall–Kier alpha value is -5.62. The molecule has 1 aliphatic heterocycles. The molecule has 214 valence electrons. The third-order valence-corrected chi connectivity index (χ3v) is 9.00. The molecule has 2 atom stereocenters. The van der Waals surface area contributed by atoms with Crippen molar-refractivity contribution < 1.29 is 9.59 Å². The molecule has 0 saturated heterocycles. The normalized spacial score (nSPS) is 15.0. The predicted octanol–water partition coefficient (Wildman–Crippen LogP) is 7.89. The molecular formula is C38H30N4O2. The number of fused-ring (bicyclic) bond motifs is 4. The topological polar surface area (TPSA) is 93.5 Å². The van der Waals surface area contributed by atoms with Crippen LogP contribution in [0.3, 0.4) is 0 Å². The lowest BCUT2D eigenvalue weighted by molar-refractivity contribution is -0.124. The minimum Gasteiger partial charge on any atom is -0.380 e. The second kappa shape index (κ2) is 10.6. The van der Waals surface area contributed by atoms with Gasteiger partial charge < -0.3 is 20.3 Å². The molecule has 0 fully saturated rings. The van der Waals surface area contributed by atoms with Crippen molar-refractivity contribution in [2.45, 2.75) is 18.3 Å². The average Bonchev–Trinajstić information content (AvgIpc) is 3.86. The first-order chi connectivity index (χ1) is 21.7. The lowest BCUT2D eigenvalue weighted by atomic mass is 9.74. The fourth-order valence-electron chi connectivity index (χ4n) is 6.91. The summed E-state index contributed by atoms with van der Waals surface area (Å²) in [5, 5.41) is 6.32. The fraction of sp³-hybridized carbons (Fsp3) is 0.105. The Morgan fingerprint density at radius 3 is 1.89 bits per heavy atom. The Morgan fingerprint density at radius 2 is 1.18 bits per heavy atom. The number of anilines is 1. The van der Waals surface area contributed by atoms with Gasteiger partial charge in [-0.15, -0.1) is 0 Å². The molecule has 3 aromatic heterocycles. The van der Waals surface area contributed by atoms with E-state index < -0.39 is 11.8 Å². The first-order valence-electron chi connectivity index (χ1n) is 14.9. The highest BCUT2D eigenvalue weighted by atomic mass is 16.1. The average molecular weight is 575 g/mol. The van der Waals surface area contributed by atoms with Crippen LogP contribution in [-0.4, -0.2) is 33.1 Å². The van der Waals surface area contributed by atoms with Gasteiger partial charge in [-0.2, -0.15) is 0 Å². The van der Waals surface area contributed by atoms with E-state index in [1.165, 1.54) is 0 Å². The van der Waals surface area contributed by atoms with Gasteiger partial charge in [0, 0.05) is 75.5 Å². The van der Waals surface area contributed by atoms with E-state index in [1.54, 1.807) is 6.08 Å². The Kier molecular flexibility index (Phi) is 6.26. The molecule has 0 radical (unpaired) electrons. The molecule has 0 spiro atoms. The number of hydrogen-bond acceptors (Lipinski definition) is 3. The molecule has 8 rings (SSSR count). The number of aromatic nitrogens is 3. The van der Waals surface area contributed by atoms with E-state index in [0.29, 0.717) is 6.54 Å². The van der Waals surface area contributed by atoms with Crippen LogP contribution >= 0.6 is 0 Å². The maximum atomic E-state index is 14.8. The van der Waals surface area contributed by atoms with Gasteiger partial charge in [-0.3, -0.25) is 9.59 Å². The lowest BCUT2D eigenvalue weighted by Crippen LogP contribution is -2.27. The van der Waals surface area contributed by atoms with Gasteiger partial charge >= 0.3 is 0 Å². The van der Waals surface area contributed by atoms with Crippen LogP contribution in [-0.2, 0) is 16.0 Å². The molecule has 0 amide bonds. The van der Waals surface area contributed by atoms with E-state index in [4.69, 9.17) is 0 Å². The minimum absolute atomic E-state index is 0.00788. The maximum absolute atomic E-state index is 14.8. The third-order valence-electron chi connectivity index (χ3n) is 9.00. The van der Waals surface area contributed by atoms with Crippen molar-refractivity contribution in [2.75, 3.05) is 11.9 Å². The van der Waals surface area contributed by atoms with Crippen LogP contribution < -0.4 is 5.32 Å². The van der Waals surface area contributed by atoms with Crippen LogP contribution in [0.2, 0.25) is 0 Å². The van der Waals surface area contributed by atoms with E-state index in [1.807, 2.05) is 116 Å². The molecule has 6 heteroatoms. The summed E-state index contributed by atoms with van der Waals surface area (Å²) in [5.41, 5.74) is 8.39. The molecule has 7 aromatic rings. The van der Waals surface area contributed by atoms with E-state index in [0.717, 1.165) is 66.2 Å². The van der Waals surface area contributed by atoms with Gasteiger partial charge in [-0.25, -0.2) is 0 Å². The van der Waals surface area contributed by atoms with Crippen LogP contribution in [0.1, 0.15) is 34.1 Å². The number of benzene rings is 4. The van der Waals surface area contributed by atoms with Crippen LogP contribution in [0.25, 0.3) is 38.3 Å². The van der Waals surface area contributed by atoms with Crippen molar-refractivity contribution in [3.63, 3.8) is 0 Å². The Bertz CT molecular complexity index is 2230. The van der Waals surface area contributed by atoms with Crippen LogP contribution in [0.4, 0.5) is 5.69 Å². The monoisotopic (exact) mass is 574 g/mol. The van der Waals surface area contributed by atoms with Gasteiger partial charge in [0.05, 0.1) is 11.8 Å². The van der Waals surface area contributed by atoms with Crippen LogP contribution in [0, 0.1) is 0 Å². The van der Waals surface area contributed by atoms with E-state index in [9.17, 15) is 9.59 Å². The molecule has 6 nitrogen and oxygen atoms in total. The molecule has 4 N–H and O–H groups in total. The molecule has 0 aliphatic carbocycles. The molecular weight excluding hydrogens is 544 g/mol. The summed E-state index contributed by atoms with van der Waals surface area (Å²) < 4.78 is 0. The highest BCUT2D eigenvalue weighted by molar-refractivity contribution is 6.10. The molecule has 44 heavy (non-hydrogen) atoms. The minimum atomic E-state index is -0.747. The fourth-order valence-corrected chi connectivity index (χ4v) is 6.91. The number of H-pyrrole nitrogens is 3. The van der Waals surface area contributed by atoms with E-state index in [2.05, 4.69) is 20.3 Å². The summed E-state index contributed by atoms with van der Waals surface area (Å²) in [6, 6.07) is 32.0. The Labute approximate surface area is 253 Å². The van der Waals surface area contributed by atoms with Crippen molar-refractivity contribution in [1.29, 1.82) is 0 Å². The Morgan fingerprint density at radius 1 is 0.636 bits per heavy atom. The van der Waals surface area contributed by atoms with Crippen LogP contribution in [0.5, 0.6) is 0 Å². The summed E-state index contributed by atoms with van der Waals surface area (Å²) in [6.07, 6.45) is 7.69. The van der Waals surface area contributed by atoms with Gasteiger partial charge in [-0.05, 0) is 52.6 Å². The summed E-state index contributed by atoms with van der Waals surface area (Å²) in [5.74, 6) is -1.58. The summed E-state index contributed by atoms with van der Waals surface area (Å²) in [7, 11) is 0. The largest absolute Gasteiger partial charge is 0.380 e. The molecule has 4 aromatic carbocycles. The van der Waals surface area contributed by atoms with Crippen molar-refractivity contribution in [3.05, 3.63) is 144 Å². The molecule has 4 heterocycles. The zero-order valence-corrected chi connectivity index (χ0v) is 23.9. The number of para-hydroxylation sites is 4. The van der Waals surface area contributed by atoms with Gasteiger partial charge in [0.1, 0.15) is 5.78 Å². The SMILES string of the molecule is O=C(C=C1CNc2ccccc21)C(c1c[nH]c2ccccc12)C(C(=O)Cc1c[nH]c2ccccc12)c1c[nH]c2ccccc12. The van der Waals surface area contributed by atoms with E-state index in [-0.39, 0.29) is 18.0 Å². The number of carbonyl (C=O) groups is 2. The summed E-state index contributed by atoms with van der Waals surface area (Å²) in [6.45, 7) is 0.562. The highest BCUT2D eigenvalue weighted by Gasteiger charge is 2.38. The number of aromatic amines is 3. The zero-order valence-electron chi connectivity index (χ0n) is 23.9. The number of allylic oxidation sites excluding steroid dienone is 1. The van der Waals surface area contributed by atoms with Crippen molar-refractivity contribution in [1.82, 2.24) is 15.0 Å². The number of carbonyl (C=O) groups excluding carboxylic acids is 2. The van der Waals surface area contributed by atoms with Crippen molar-refractivity contribution in [3.8, 4) is 0 Å². The molecule has 0 bridgehead atoms. The van der Waals surface area contributed by atoms with Gasteiger partial charge in [0.25, 0.3) is 0 Å². The smallest absolute Gasteiger partial charge is 0.164 e. The predicted molar refractivity (Wildman–Crippen MR) is 177 cm³/mol. The molecule has 2 unspecified atom stereocenters. The number of Topliss-reactive ketones (excluding diaryl/α,β-unsaturated/α-hetero) is 1. The first kappa shape index (κ1) is 26.0. The maximum Gasteiger partial charge on any atom is 0.164 e. The molecule has 0 saturated carbocycles. The van der Waals surface area contributed by atoms with Gasteiger partial charge in [0.15, 0.2) is 5.78 Å². The zero-order chi connectivity index (χ0) is 29.6. The van der Waals surface area contributed by atoms with Gasteiger partial charge in [0.2, 0.25) is 0 Å². The van der Waals surface area contributed by atoms with Gasteiger partial charge in [-0.1, -0.05) is 72.8 Å². The Balaban J connectivity index is 1.32. The second-order valence-corrected chi connectivity index (χ2v) is 11.5. The summed E-state index contributed by atoms with van der Waals surface area (Å²) in [4.78, 5) is 39.6.